The normalized spacial score (nSPS) is 22.1. The summed E-state index contributed by atoms with van der Waals surface area (Å²) in [5.74, 6) is -5.46. The van der Waals surface area contributed by atoms with Crippen molar-refractivity contribution in [2.24, 2.45) is 38.8 Å². The van der Waals surface area contributed by atoms with Crippen molar-refractivity contribution in [1.82, 2.24) is 37.2 Å². The molecular formula is C56H79N13O8. The predicted octanol–water partition coefficient (Wildman–Crippen LogP) is 1.69. The van der Waals surface area contributed by atoms with E-state index in [1.807, 2.05) is 91.9 Å². The van der Waals surface area contributed by atoms with Crippen molar-refractivity contribution in [2.45, 2.75) is 147 Å². The van der Waals surface area contributed by atoms with E-state index < -0.39 is 89.6 Å². The van der Waals surface area contributed by atoms with Crippen molar-refractivity contribution in [3.05, 3.63) is 96.1 Å². The van der Waals surface area contributed by atoms with Crippen molar-refractivity contribution < 1.29 is 38.7 Å². The van der Waals surface area contributed by atoms with E-state index in [1.165, 1.54) is 6.92 Å². The van der Waals surface area contributed by atoms with Gasteiger partial charge in [0.15, 0.2) is 11.9 Å². The van der Waals surface area contributed by atoms with Crippen molar-refractivity contribution in [2.75, 3.05) is 19.6 Å². The fraction of sp³-hybridized carbons (Fsp3) is 0.482. The average Bonchev–Trinajstić information content (AvgIpc) is 3.40. The summed E-state index contributed by atoms with van der Waals surface area (Å²) in [7, 11) is 0. The second-order valence-corrected chi connectivity index (χ2v) is 19.9. The number of rotatable bonds is 15. The minimum absolute atomic E-state index is 0.0199. The Morgan fingerprint density at radius 1 is 0.532 bits per heavy atom. The molecule has 0 radical (unpaired) electrons. The number of amides is 7. The van der Waals surface area contributed by atoms with Crippen molar-refractivity contribution in [3.63, 3.8) is 0 Å². The molecule has 77 heavy (non-hydrogen) atoms. The largest absolute Gasteiger partial charge is 0.391 e. The predicted molar refractivity (Wildman–Crippen MR) is 299 cm³/mol. The maximum atomic E-state index is 14.8. The van der Waals surface area contributed by atoms with Crippen LogP contribution in [0.2, 0.25) is 0 Å². The maximum Gasteiger partial charge on any atom is 0.245 e. The molecule has 1 fully saturated rings. The molecule has 21 heteroatoms. The van der Waals surface area contributed by atoms with E-state index in [9.17, 15) is 38.7 Å². The van der Waals surface area contributed by atoms with Crippen LogP contribution in [0.4, 0.5) is 0 Å². The first-order valence-corrected chi connectivity index (χ1v) is 26.8. The van der Waals surface area contributed by atoms with E-state index in [1.54, 1.807) is 6.92 Å². The van der Waals surface area contributed by atoms with Gasteiger partial charge in [-0.3, -0.25) is 43.5 Å². The van der Waals surface area contributed by atoms with E-state index in [0.717, 1.165) is 39.9 Å². The Morgan fingerprint density at radius 3 is 1.47 bits per heavy atom. The van der Waals surface area contributed by atoms with E-state index >= 15 is 0 Å². The molecule has 1 aliphatic heterocycles. The molecule has 0 aromatic heterocycles. The third-order valence-electron chi connectivity index (χ3n) is 13.7. The highest BCUT2D eigenvalue weighted by Gasteiger charge is 2.36. The van der Waals surface area contributed by atoms with Gasteiger partial charge in [0, 0.05) is 38.9 Å². The van der Waals surface area contributed by atoms with Crippen LogP contribution in [-0.2, 0) is 46.4 Å². The third-order valence-corrected chi connectivity index (χ3v) is 13.7. The number of carbonyl (C=O) groups is 7. The van der Waals surface area contributed by atoms with E-state index in [-0.39, 0.29) is 70.0 Å². The van der Waals surface area contributed by atoms with Crippen LogP contribution in [0.25, 0.3) is 21.5 Å². The first kappa shape index (κ1) is 60.1. The van der Waals surface area contributed by atoms with Crippen molar-refractivity contribution in [3.8, 4) is 0 Å². The highest BCUT2D eigenvalue weighted by molar-refractivity contribution is 5.98. The summed E-state index contributed by atoms with van der Waals surface area (Å²) in [4.78, 5) is 108. The lowest BCUT2D eigenvalue weighted by atomic mass is 9.96. The van der Waals surface area contributed by atoms with Crippen LogP contribution < -0.4 is 60.2 Å². The number of carbonyl (C=O) groups excluding carboxylic acids is 7. The van der Waals surface area contributed by atoms with Crippen LogP contribution >= 0.6 is 0 Å². The van der Waals surface area contributed by atoms with Gasteiger partial charge in [-0.1, -0.05) is 124 Å². The lowest BCUT2D eigenvalue weighted by molar-refractivity contribution is -0.136. The zero-order chi connectivity index (χ0) is 55.9. The van der Waals surface area contributed by atoms with E-state index in [2.05, 4.69) is 47.2 Å². The number of nitrogens with two attached hydrogens (primary N) is 4. The Bertz CT molecular complexity index is 2710. The number of benzene rings is 4. The topological polar surface area (TPSA) is 353 Å². The van der Waals surface area contributed by atoms with Gasteiger partial charge in [-0.05, 0) is 84.0 Å². The highest BCUT2D eigenvalue weighted by Crippen LogP contribution is 2.20. The van der Waals surface area contributed by atoms with Crippen LogP contribution in [0.15, 0.2) is 94.9 Å². The Labute approximate surface area is 450 Å². The van der Waals surface area contributed by atoms with Gasteiger partial charge in [0.2, 0.25) is 41.4 Å². The quantitative estimate of drug-likeness (QED) is 0.0460. The van der Waals surface area contributed by atoms with E-state index in [0.29, 0.717) is 37.8 Å². The molecule has 0 saturated carbocycles. The fourth-order valence-corrected chi connectivity index (χ4v) is 9.12. The van der Waals surface area contributed by atoms with Crippen molar-refractivity contribution in [1.29, 1.82) is 0 Å². The molecule has 1 heterocycles. The summed E-state index contributed by atoms with van der Waals surface area (Å²) < 4.78 is 0. The van der Waals surface area contributed by atoms with Gasteiger partial charge in [-0.15, -0.1) is 0 Å². The molecule has 1 saturated heterocycles. The fourth-order valence-electron chi connectivity index (χ4n) is 9.12. The first-order chi connectivity index (χ1) is 36.9. The number of nitrogens with zero attached hydrogens (tertiary/aromatic N) is 2. The summed E-state index contributed by atoms with van der Waals surface area (Å²) in [5.41, 5.74) is 23.8. The molecular weight excluding hydrogens is 983 g/mol. The third kappa shape index (κ3) is 19.7. The number of fused-ring (bicyclic) bond motifs is 2. The maximum absolute atomic E-state index is 14.8. The minimum Gasteiger partial charge on any atom is -0.391 e. The second-order valence-electron chi connectivity index (χ2n) is 19.9. The van der Waals surface area contributed by atoms with Crippen LogP contribution in [0.5, 0.6) is 0 Å². The Morgan fingerprint density at radius 2 is 0.974 bits per heavy atom. The van der Waals surface area contributed by atoms with Crippen LogP contribution in [0, 0.1) is 5.92 Å². The summed E-state index contributed by atoms with van der Waals surface area (Å²) in [5, 5.41) is 34.3. The lowest BCUT2D eigenvalue weighted by Crippen LogP contribution is -2.61. The minimum atomic E-state index is -1.44. The van der Waals surface area contributed by atoms with Crippen LogP contribution in [0.3, 0.4) is 0 Å². The Kier molecular flexibility index (Phi) is 23.9. The number of hydrogen-bond acceptors (Lipinski definition) is 10. The molecule has 8 atom stereocenters. The Balaban J connectivity index is 1.53. The second kappa shape index (κ2) is 30.7. The lowest BCUT2D eigenvalue weighted by Gasteiger charge is -2.30. The first-order valence-electron chi connectivity index (χ1n) is 26.8. The smallest absolute Gasteiger partial charge is 0.245 e. The highest BCUT2D eigenvalue weighted by atomic mass is 16.3. The van der Waals surface area contributed by atoms with Gasteiger partial charge < -0.3 is 65.3 Å². The molecule has 416 valence electrons. The molecule has 4 aromatic rings. The van der Waals surface area contributed by atoms with E-state index in [4.69, 9.17) is 22.9 Å². The zero-order valence-corrected chi connectivity index (χ0v) is 44.5. The molecule has 21 nitrogen and oxygen atoms in total. The van der Waals surface area contributed by atoms with Gasteiger partial charge in [0.25, 0.3) is 0 Å². The van der Waals surface area contributed by atoms with Crippen LogP contribution in [-0.4, -0.2) is 120 Å². The summed E-state index contributed by atoms with van der Waals surface area (Å²) in [6.45, 7) is 5.48. The number of guanidine groups is 2. The molecule has 5 rings (SSSR count). The molecule has 16 N–H and O–H groups in total. The average molecular weight is 1060 g/mol. The molecule has 7 amide bonds. The molecule has 0 bridgehead atoms. The molecule has 0 spiro atoms. The molecule has 0 aliphatic carbocycles. The number of aliphatic imine (C=N–C) groups is 2. The van der Waals surface area contributed by atoms with Crippen molar-refractivity contribution >= 4 is 74.8 Å². The van der Waals surface area contributed by atoms with Crippen LogP contribution in [0.1, 0.15) is 103 Å². The number of aliphatic hydroxyl groups is 1. The molecule has 0 unspecified atom stereocenters. The number of aliphatic hydroxyl groups excluding tert-OH is 1. The molecule has 1 aliphatic rings. The van der Waals surface area contributed by atoms with Gasteiger partial charge in [0.05, 0.1) is 6.10 Å². The van der Waals surface area contributed by atoms with Gasteiger partial charge in [-0.2, -0.15) is 0 Å². The Hall–Kier alpha value is -7.81. The number of hydrogen-bond donors (Lipinski definition) is 12. The van der Waals surface area contributed by atoms with Gasteiger partial charge in [-0.25, -0.2) is 0 Å². The summed E-state index contributed by atoms with van der Waals surface area (Å²) in [6, 6.07) is 19.2. The molecule has 4 aromatic carbocycles. The standard InChI is InChI=1S/C56H79N13O8/c1-4-34(2)47-53(76)64-42(20-14-28-62-55(57)58)50(73)66-44(32-36-23-25-38-16-9-11-18-40(38)30-36)49(72)61-27-13-7-5-6-8-22-46(71)68-48(35(3)70)54(77)65-43(21-15-29-63-56(59)60)51(74)67-45(52(75)69-47)33-37-24-26-39-17-10-12-19-41(39)31-37/h9-12,16-19,23-26,30-31,34-35,42-45,47-48,70H,4-8,13-15,20-22,27-29,32-33H2,1-3H3,(H,61,72)(H,64,76)(H,65,77)(H,66,73)(H,67,74)(H,68,71)(H,69,75)(H4,57,58,62)(H4,59,60,63)/t34-,35+,42-,43-,44-,45-,47-,48-/m0/s1. The summed E-state index contributed by atoms with van der Waals surface area (Å²) >= 11 is 0. The SMILES string of the molecule is CC[C@H](C)[C@@H]1NC(=O)[C@H](Cc2ccc3ccccc3c2)NC(=O)[C@H](CCCN=C(N)N)NC(=O)[C@H]([C@@H](C)O)NC(=O)CCCCCCCNC(=O)[C@H](Cc2ccc3ccccc3c2)NC(=O)[C@H](CCCN=C(N)N)NC1=O. The van der Waals surface area contributed by atoms with Gasteiger partial charge in [0.1, 0.15) is 36.3 Å². The number of nitrogens with one attached hydrogen (secondary N) is 7. The zero-order valence-electron chi connectivity index (χ0n) is 44.5. The summed E-state index contributed by atoms with van der Waals surface area (Å²) in [6.07, 6.45) is 2.85. The van der Waals surface area contributed by atoms with Gasteiger partial charge >= 0.3 is 0 Å². The monoisotopic (exact) mass is 1060 g/mol.